The molecule has 3 rings (SSSR count). The van der Waals surface area contributed by atoms with Crippen molar-refractivity contribution in [3.05, 3.63) is 53.1 Å². The van der Waals surface area contributed by atoms with Gasteiger partial charge in [-0.3, -0.25) is 0 Å². The number of nitrogen functional groups attached to an aromatic ring is 1. The van der Waals surface area contributed by atoms with Crippen molar-refractivity contribution in [3.8, 4) is 22.5 Å². The summed E-state index contributed by atoms with van der Waals surface area (Å²) in [5.74, 6) is -0.445. The van der Waals surface area contributed by atoms with Crippen LogP contribution >= 0.6 is 11.6 Å². The van der Waals surface area contributed by atoms with Crippen molar-refractivity contribution in [2.75, 3.05) is 5.73 Å². The molecule has 0 aliphatic heterocycles. The molecule has 0 saturated heterocycles. The lowest BCUT2D eigenvalue weighted by Gasteiger charge is -2.09. The highest BCUT2D eigenvalue weighted by molar-refractivity contribution is 6.29. The number of hydrogen-bond donors (Lipinski definition) is 1. The van der Waals surface area contributed by atoms with E-state index >= 15 is 0 Å². The lowest BCUT2D eigenvalue weighted by Crippen LogP contribution is -2.03. The van der Waals surface area contributed by atoms with Crippen LogP contribution in [-0.4, -0.2) is 20.2 Å². The molecule has 0 radical (unpaired) electrons. The molecule has 0 aliphatic rings. The third kappa shape index (κ3) is 2.73. The Morgan fingerprint density at radius 2 is 1.82 bits per heavy atom. The number of benzene rings is 1. The molecule has 110 valence electrons. The number of aryl methyl sites for hydroxylation is 1. The summed E-state index contributed by atoms with van der Waals surface area (Å²) in [6.07, 6.45) is 0. The lowest BCUT2D eigenvalue weighted by atomic mass is 10.0. The number of rotatable bonds is 2. The molecule has 0 unspecified atom stereocenters. The van der Waals surface area contributed by atoms with E-state index in [0.717, 1.165) is 0 Å². The van der Waals surface area contributed by atoms with Gasteiger partial charge in [-0.2, -0.15) is 0 Å². The summed E-state index contributed by atoms with van der Waals surface area (Å²) in [6, 6.07) is 9.67. The molecule has 0 atom stereocenters. The molecule has 5 nitrogen and oxygen atoms in total. The number of nitrogens with two attached hydrogens (primary N) is 1. The Hall–Kier alpha value is -2.60. The first-order chi connectivity index (χ1) is 10.5. The number of aromatic nitrogens is 4. The quantitative estimate of drug-likeness (QED) is 0.734. The van der Waals surface area contributed by atoms with Gasteiger partial charge in [0.25, 0.3) is 0 Å². The Bertz CT molecular complexity index is 833. The largest absolute Gasteiger partial charge is 0.366 e. The molecule has 2 aromatic heterocycles. The predicted octanol–water partition coefficient (Wildman–Crippen LogP) is 3.28. The Kier molecular flexibility index (Phi) is 3.68. The van der Waals surface area contributed by atoms with Crippen LogP contribution < -0.4 is 5.73 Å². The van der Waals surface area contributed by atoms with Crippen LogP contribution in [0.1, 0.15) is 5.69 Å². The summed E-state index contributed by atoms with van der Waals surface area (Å²) in [7, 11) is 0. The van der Waals surface area contributed by atoms with Crippen LogP contribution in [0.15, 0.2) is 36.4 Å². The third-order valence-corrected chi connectivity index (χ3v) is 3.22. The molecular weight excluding hydrogens is 305 g/mol. The Morgan fingerprint density at radius 1 is 1.05 bits per heavy atom. The van der Waals surface area contributed by atoms with E-state index in [-0.39, 0.29) is 5.95 Å². The summed E-state index contributed by atoms with van der Waals surface area (Å²) in [5.41, 5.74) is 7.97. The van der Waals surface area contributed by atoms with Crippen molar-refractivity contribution < 1.29 is 4.39 Å². The molecule has 22 heavy (non-hydrogen) atoms. The highest BCUT2D eigenvalue weighted by atomic mass is 35.5. The van der Waals surface area contributed by atoms with Gasteiger partial charge in [-0.15, -0.1) is 10.2 Å². The zero-order chi connectivity index (χ0) is 15.7. The highest BCUT2D eigenvalue weighted by Gasteiger charge is 2.16. The highest BCUT2D eigenvalue weighted by Crippen LogP contribution is 2.31. The number of anilines is 1. The molecule has 0 spiro atoms. The maximum Gasteiger partial charge on any atom is 0.240 e. The lowest BCUT2D eigenvalue weighted by molar-refractivity contribution is 0.630. The second kappa shape index (κ2) is 5.65. The Morgan fingerprint density at radius 3 is 2.55 bits per heavy atom. The van der Waals surface area contributed by atoms with E-state index in [0.29, 0.717) is 33.4 Å². The molecule has 0 aliphatic carbocycles. The van der Waals surface area contributed by atoms with Gasteiger partial charge in [0, 0.05) is 16.8 Å². The topological polar surface area (TPSA) is 77.6 Å². The van der Waals surface area contributed by atoms with Gasteiger partial charge in [0.05, 0.1) is 0 Å². The molecule has 7 heteroatoms. The van der Waals surface area contributed by atoms with E-state index in [1.807, 2.05) is 0 Å². The average molecular weight is 316 g/mol. The summed E-state index contributed by atoms with van der Waals surface area (Å²) < 4.78 is 14.1. The van der Waals surface area contributed by atoms with Gasteiger partial charge in [0.15, 0.2) is 0 Å². The van der Waals surface area contributed by atoms with Gasteiger partial charge in [-0.05, 0) is 31.2 Å². The zero-order valence-electron chi connectivity index (χ0n) is 11.6. The minimum absolute atomic E-state index is 0.0288. The van der Waals surface area contributed by atoms with Crippen molar-refractivity contribution in [3.63, 3.8) is 0 Å². The van der Waals surface area contributed by atoms with Crippen LogP contribution in [0.5, 0.6) is 0 Å². The van der Waals surface area contributed by atoms with Crippen LogP contribution in [0.4, 0.5) is 10.3 Å². The predicted molar refractivity (Wildman–Crippen MR) is 82.6 cm³/mol. The standard InChI is InChI=1S/C15H11ClFN5/c1-8-6-9(7-12(16)19-8)13-14(20-15(18)22-21-13)10-4-2-3-5-11(10)17/h2-7H,1H3,(H2,18,20,22). The number of halogens is 2. The summed E-state index contributed by atoms with van der Waals surface area (Å²) in [6.45, 7) is 1.80. The van der Waals surface area contributed by atoms with Crippen molar-refractivity contribution >= 4 is 17.5 Å². The fourth-order valence-electron chi connectivity index (χ4n) is 2.14. The van der Waals surface area contributed by atoms with E-state index in [2.05, 4.69) is 20.2 Å². The Balaban J connectivity index is 2.27. The third-order valence-electron chi connectivity index (χ3n) is 3.03. The number of nitrogens with zero attached hydrogens (tertiary/aromatic N) is 4. The zero-order valence-corrected chi connectivity index (χ0v) is 12.3. The average Bonchev–Trinajstić information content (AvgIpc) is 2.46. The Labute approximate surface area is 131 Å². The van der Waals surface area contributed by atoms with Crippen molar-refractivity contribution in [1.29, 1.82) is 0 Å². The normalized spacial score (nSPS) is 10.7. The van der Waals surface area contributed by atoms with Crippen LogP contribution in [-0.2, 0) is 0 Å². The smallest absolute Gasteiger partial charge is 0.240 e. The molecular formula is C15H11ClFN5. The molecule has 3 aromatic rings. The maximum absolute atomic E-state index is 14.1. The molecule has 0 amide bonds. The molecule has 2 N–H and O–H groups in total. The van der Waals surface area contributed by atoms with Gasteiger partial charge in [-0.25, -0.2) is 14.4 Å². The van der Waals surface area contributed by atoms with Gasteiger partial charge in [-0.1, -0.05) is 23.7 Å². The van der Waals surface area contributed by atoms with E-state index in [1.54, 1.807) is 37.3 Å². The second-order valence-corrected chi connectivity index (χ2v) is 5.05. The fourth-order valence-corrected chi connectivity index (χ4v) is 2.39. The molecule has 1 aromatic carbocycles. The van der Waals surface area contributed by atoms with E-state index < -0.39 is 5.82 Å². The van der Waals surface area contributed by atoms with E-state index in [4.69, 9.17) is 17.3 Å². The second-order valence-electron chi connectivity index (χ2n) is 4.67. The van der Waals surface area contributed by atoms with Gasteiger partial charge in [0.2, 0.25) is 5.95 Å². The molecule has 0 fully saturated rings. The molecule has 0 saturated carbocycles. The monoisotopic (exact) mass is 315 g/mol. The molecule has 2 heterocycles. The maximum atomic E-state index is 14.1. The van der Waals surface area contributed by atoms with Crippen LogP contribution in [0, 0.1) is 12.7 Å². The molecule has 0 bridgehead atoms. The summed E-state index contributed by atoms with van der Waals surface area (Å²) >= 11 is 5.98. The van der Waals surface area contributed by atoms with Gasteiger partial charge in [0.1, 0.15) is 22.4 Å². The SMILES string of the molecule is Cc1cc(-c2nnc(N)nc2-c2ccccc2F)cc(Cl)n1. The minimum atomic E-state index is -0.416. The first kappa shape index (κ1) is 14.3. The fraction of sp³-hybridized carbons (Fsp3) is 0.0667. The summed E-state index contributed by atoms with van der Waals surface area (Å²) in [5, 5.41) is 8.13. The first-order valence-electron chi connectivity index (χ1n) is 6.44. The number of hydrogen-bond acceptors (Lipinski definition) is 5. The number of pyridine rings is 1. The van der Waals surface area contributed by atoms with Crippen molar-refractivity contribution in [2.24, 2.45) is 0 Å². The van der Waals surface area contributed by atoms with Gasteiger partial charge < -0.3 is 5.73 Å². The van der Waals surface area contributed by atoms with Crippen LogP contribution in [0.2, 0.25) is 5.15 Å². The van der Waals surface area contributed by atoms with Crippen molar-refractivity contribution in [2.45, 2.75) is 6.92 Å². The van der Waals surface area contributed by atoms with Gasteiger partial charge >= 0.3 is 0 Å². The van der Waals surface area contributed by atoms with Crippen molar-refractivity contribution in [1.82, 2.24) is 20.2 Å². The first-order valence-corrected chi connectivity index (χ1v) is 6.82. The van der Waals surface area contributed by atoms with E-state index in [9.17, 15) is 4.39 Å². The summed E-state index contributed by atoms with van der Waals surface area (Å²) in [4.78, 5) is 8.24. The minimum Gasteiger partial charge on any atom is -0.366 e. The van der Waals surface area contributed by atoms with E-state index in [1.165, 1.54) is 6.07 Å². The van der Waals surface area contributed by atoms with Crippen LogP contribution in [0.3, 0.4) is 0 Å². The van der Waals surface area contributed by atoms with Crippen LogP contribution in [0.25, 0.3) is 22.5 Å².